The molecule has 116 valence electrons. The highest BCUT2D eigenvalue weighted by molar-refractivity contribution is 6.29. The molecule has 1 saturated heterocycles. The van der Waals surface area contributed by atoms with Gasteiger partial charge in [0.1, 0.15) is 0 Å². The number of carbonyl (C=O) groups excluding carboxylic acids is 2. The van der Waals surface area contributed by atoms with Gasteiger partial charge in [-0.25, -0.2) is 0 Å². The van der Waals surface area contributed by atoms with Crippen molar-refractivity contribution in [3.05, 3.63) is 41.1 Å². The molecule has 0 unspecified atom stereocenters. The molecule has 0 bridgehead atoms. The lowest BCUT2D eigenvalue weighted by atomic mass is 10.0. The van der Waals surface area contributed by atoms with Crippen molar-refractivity contribution in [3.63, 3.8) is 0 Å². The zero-order valence-electron chi connectivity index (χ0n) is 12.2. The van der Waals surface area contributed by atoms with Crippen molar-refractivity contribution in [3.8, 4) is 0 Å². The summed E-state index contributed by atoms with van der Waals surface area (Å²) in [6.45, 7) is 0.627. The Morgan fingerprint density at radius 2 is 2.27 bits per heavy atom. The minimum atomic E-state index is -0.214. The fourth-order valence-corrected chi connectivity index (χ4v) is 2.93. The molecule has 1 amide bonds. The number of hydrogen-bond acceptors (Lipinski definition) is 4. The van der Waals surface area contributed by atoms with Crippen LogP contribution in [0.4, 0.5) is 0 Å². The first-order valence-corrected chi connectivity index (χ1v) is 7.50. The molecule has 2 aromatic heterocycles. The van der Waals surface area contributed by atoms with Gasteiger partial charge in [0, 0.05) is 32.3 Å². The summed E-state index contributed by atoms with van der Waals surface area (Å²) in [5.41, 5.74) is 0.572. The highest BCUT2D eigenvalue weighted by atomic mass is 35.5. The van der Waals surface area contributed by atoms with E-state index in [2.05, 4.69) is 5.10 Å². The van der Waals surface area contributed by atoms with Gasteiger partial charge in [0.25, 0.3) is 5.91 Å². The van der Waals surface area contributed by atoms with Gasteiger partial charge in [-0.2, -0.15) is 5.10 Å². The Morgan fingerprint density at radius 1 is 1.45 bits per heavy atom. The SMILES string of the molecule is Cn1cc(C(=O)C[C@@H]2CCCN2C(=O)c2ccc(Cl)o2)cn1. The number of halogens is 1. The van der Waals surface area contributed by atoms with E-state index in [1.807, 2.05) is 0 Å². The van der Waals surface area contributed by atoms with E-state index >= 15 is 0 Å². The second kappa shape index (κ2) is 5.96. The normalized spacial score (nSPS) is 17.9. The largest absolute Gasteiger partial charge is 0.440 e. The van der Waals surface area contributed by atoms with Crippen LogP contribution in [-0.4, -0.2) is 39.0 Å². The Bertz CT molecular complexity index is 706. The molecule has 0 aromatic carbocycles. The molecule has 7 heteroatoms. The van der Waals surface area contributed by atoms with E-state index < -0.39 is 0 Å². The summed E-state index contributed by atoms with van der Waals surface area (Å²) in [4.78, 5) is 26.4. The fraction of sp³-hybridized carbons (Fsp3) is 0.400. The summed E-state index contributed by atoms with van der Waals surface area (Å²) in [5.74, 6) is -0.00519. The van der Waals surface area contributed by atoms with Crippen LogP contribution in [0.15, 0.2) is 28.9 Å². The lowest BCUT2D eigenvalue weighted by Crippen LogP contribution is -2.36. The third-order valence-corrected chi connectivity index (χ3v) is 4.07. The zero-order valence-corrected chi connectivity index (χ0v) is 12.9. The van der Waals surface area contributed by atoms with Crippen molar-refractivity contribution >= 4 is 23.3 Å². The molecule has 3 heterocycles. The van der Waals surface area contributed by atoms with Gasteiger partial charge in [-0.1, -0.05) is 0 Å². The van der Waals surface area contributed by atoms with Crippen LogP contribution < -0.4 is 0 Å². The van der Waals surface area contributed by atoms with Crippen LogP contribution in [0.25, 0.3) is 0 Å². The van der Waals surface area contributed by atoms with Crippen molar-refractivity contribution < 1.29 is 14.0 Å². The molecule has 1 atom stereocenters. The maximum absolute atomic E-state index is 12.4. The molecule has 1 fully saturated rings. The maximum atomic E-state index is 12.4. The smallest absolute Gasteiger partial charge is 0.289 e. The summed E-state index contributed by atoms with van der Waals surface area (Å²) >= 11 is 5.71. The van der Waals surface area contributed by atoms with Crippen molar-refractivity contribution in [1.82, 2.24) is 14.7 Å². The molecule has 0 aliphatic carbocycles. The molecular weight excluding hydrogens is 306 g/mol. The number of nitrogens with zero attached hydrogens (tertiary/aromatic N) is 3. The quantitative estimate of drug-likeness (QED) is 0.812. The molecule has 6 nitrogen and oxygen atoms in total. The number of likely N-dealkylation sites (tertiary alicyclic amines) is 1. The molecule has 0 saturated carbocycles. The summed E-state index contributed by atoms with van der Waals surface area (Å²) < 4.78 is 6.77. The Balaban J connectivity index is 1.70. The summed E-state index contributed by atoms with van der Waals surface area (Å²) in [6, 6.07) is 2.99. The molecule has 22 heavy (non-hydrogen) atoms. The van der Waals surface area contributed by atoms with Gasteiger partial charge in [0.05, 0.1) is 11.8 Å². The van der Waals surface area contributed by atoms with Crippen LogP contribution in [0.5, 0.6) is 0 Å². The highest BCUT2D eigenvalue weighted by Gasteiger charge is 2.32. The summed E-state index contributed by atoms with van der Waals surface area (Å²) in [7, 11) is 1.77. The molecule has 0 radical (unpaired) electrons. The number of amides is 1. The lowest BCUT2D eigenvalue weighted by molar-refractivity contribution is 0.0687. The van der Waals surface area contributed by atoms with Crippen LogP contribution >= 0.6 is 11.6 Å². The topological polar surface area (TPSA) is 68.3 Å². The number of rotatable bonds is 4. The van der Waals surface area contributed by atoms with Gasteiger partial charge in [0.15, 0.2) is 16.8 Å². The molecule has 1 aliphatic rings. The second-order valence-electron chi connectivity index (χ2n) is 5.43. The van der Waals surface area contributed by atoms with Crippen molar-refractivity contribution in [1.29, 1.82) is 0 Å². The number of carbonyl (C=O) groups is 2. The predicted octanol–water partition coefficient (Wildman–Crippen LogP) is 2.54. The lowest BCUT2D eigenvalue weighted by Gasteiger charge is -2.23. The Labute approximate surface area is 132 Å². The summed E-state index contributed by atoms with van der Waals surface area (Å²) in [6.07, 6.45) is 5.23. The maximum Gasteiger partial charge on any atom is 0.289 e. The third kappa shape index (κ3) is 2.92. The third-order valence-electron chi connectivity index (χ3n) is 3.87. The van der Waals surface area contributed by atoms with Crippen molar-refractivity contribution in [2.45, 2.75) is 25.3 Å². The van der Waals surface area contributed by atoms with E-state index in [1.165, 1.54) is 0 Å². The Kier molecular flexibility index (Phi) is 4.02. The first-order chi connectivity index (χ1) is 10.5. The van der Waals surface area contributed by atoms with Gasteiger partial charge in [0.2, 0.25) is 0 Å². The predicted molar refractivity (Wildman–Crippen MR) is 79.9 cm³/mol. The number of ketones is 1. The Hall–Kier alpha value is -2.08. The standard InChI is InChI=1S/C15H16ClN3O3/c1-18-9-10(8-17-18)12(20)7-11-3-2-6-19(11)15(21)13-4-5-14(16)22-13/h4-5,8-9,11H,2-3,6-7H2,1H3/t11-/m0/s1. The van der Waals surface area contributed by atoms with Crippen LogP contribution in [0.1, 0.15) is 40.2 Å². The Morgan fingerprint density at radius 3 is 2.91 bits per heavy atom. The van der Waals surface area contributed by atoms with Crippen molar-refractivity contribution in [2.24, 2.45) is 7.05 Å². The van der Waals surface area contributed by atoms with Gasteiger partial charge in [-0.3, -0.25) is 14.3 Å². The fourth-order valence-electron chi connectivity index (χ4n) is 2.78. The monoisotopic (exact) mass is 321 g/mol. The van der Waals surface area contributed by atoms with Crippen LogP contribution in [0, 0.1) is 0 Å². The van der Waals surface area contributed by atoms with E-state index in [-0.39, 0.29) is 28.7 Å². The van der Waals surface area contributed by atoms with Gasteiger partial charge < -0.3 is 9.32 Å². The van der Waals surface area contributed by atoms with Gasteiger partial charge in [-0.15, -0.1) is 0 Å². The average Bonchev–Trinajstić information content (AvgIpc) is 3.19. The molecule has 0 N–H and O–H groups in total. The molecule has 1 aliphatic heterocycles. The minimum Gasteiger partial charge on any atom is -0.440 e. The second-order valence-corrected chi connectivity index (χ2v) is 5.80. The van der Waals surface area contributed by atoms with Crippen LogP contribution in [0.3, 0.4) is 0 Å². The van der Waals surface area contributed by atoms with E-state index in [0.29, 0.717) is 18.5 Å². The average molecular weight is 322 g/mol. The molecular formula is C15H16ClN3O3. The number of furan rings is 1. The van der Waals surface area contributed by atoms with Crippen LogP contribution in [0.2, 0.25) is 5.22 Å². The first-order valence-electron chi connectivity index (χ1n) is 7.13. The number of hydrogen-bond donors (Lipinski definition) is 0. The molecule has 2 aromatic rings. The zero-order chi connectivity index (χ0) is 15.7. The number of aryl methyl sites for hydroxylation is 1. The van der Waals surface area contributed by atoms with E-state index in [0.717, 1.165) is 12.8 Å². The number of Topliss-reactive ketones (excluding diaryl/α,β-unsaturated/α-hetero) is 1. The van der Waals surface area contributed by atoms with E-state index in [9.17, 15) is 9.59 Å². The highest BCUT2D eigenvalue weighted by Crippen LogP contribution is 2.25. The minimum absolute atomic E-state index is 0.00437. The first kappa shape index (κ1) is 14.8. The van der Waals surface area contributed by atoms with Crippen molar-refractivity contribution in [2.75, 3.05) is 6.54 Å². The molecule has 3 rings (SSSR count). The van der Waals surface area contributed by atoms with Gasteiger partial charge >= 0.3 is 0 Å². The summed E-state index contributed by atoms with van der Waals surface area (Å²) in [5, 5.41) is 4.19. The molecule has 0 spiro atoms. The van der Waals surface area contributed by atoms with E-state index in [4.69, 9.17) is 16.0 Å². The van der Waals surface area contributed by atoms with E-state index in [1.54, 1.807) is 41.2 Å². The van der Waals surface area contributed by atoms with Gasteiger partial charge in [-0.05, 0) is 36.6 Å². The number of aromatic nitrogens is 2. The van der Waals surface area contributed by atoms with Crippen LogP contribution in [-0.2, 0) is 7.05 Å².